The third kappa shape index (κ3) is 3.06. The van der Waals surface area contributed by atoms with Crippen LogP contribution in [0, 0.1) is 0 Å². The third-order valence-electron chi connectivity index (χ3n) is 5.08. The van der Waals surface area contributed by atoms with Crippen molar-refractivity contribution < 1.29 is 9.21 Å². The number of pyridine rings is 1. The summed E-state index contributed by atoms with van der Waals surface area (Å²) in [5.41, 5.74) is 5.79. The molecule has 0 amide bonds. The minimum Gasteiger partial charge on any atom is -0.459 e. The van der Waals surface area contributed by atoms with E-state index >= 15 is 0 Å². The Morgan fingerprint density at radius 1 is 1.07 bits per heavy atom. The molecule has 0 fully saturated rings. The third-order valence-corrected chi connectivity index (χ3v) is 5.08. The molecule has 148 valence electrons. The SMILES string of the molecule is CN(C)c1ccc(-c2cnc3[nH]cc(-c4cnn(C(=O)c5ccco5)c4)c3c2)cc1. The summed E-state index contributed by atoms with van der Waals surface area (Å²) in [5.74, 6) is -0.0698. The standard InChI is InChI=1S/C23H19N5O2/c1-27(2)18-7-5-15(6-8-18)16-10-19-20(13-25-22(19)24-11-16)17-12-26-28(14-17)23(29)21-4-3-9-30-21/h3-14H,1-2H3,(H,24,25). The fraction of sp³-hybridized carbons (Fsp3) is 0.0870. The van der Waals surface area contributed by atoms with Gasteiger partial charge < -0.3 is 14.3 Å². The molecule has 0 saturated heterocycles. The number of aromatic nitrogens is 4. The number of H-pyrrole nitrogens is 1. The molecule has 4 aromatic heterocycles. The molecule has 0 spiro atoms. The first-order valence-electron chi connectivity index (χ1n) is 9.48. The van der Waals surface area contributed by atoms with Crippen LogP contribution in [-0.4, -0.2) is 39.8 Å². The van der Waals surface area contributed by atoms with Crippen molar-refractivity contribution in [2.45, 2.75) is 0 Å². The molecule has 4 heterocycles. The summed E-state index contributed by atoms with van der Waals surface area (Å²) in [4.78, 5) is 22.3. The van der Waals surface area contributed by atoms with Gasteiger partial charge in [-0.1, -0.05) is 12.1 Å². The Morgan fingerprint density at radius 3 is 2.63 bits per heavy atom. The largest absolute Gasteiger partial charge is 0.459 e. The van der Waals surface area contributed by atoms with Crippen LogP contribution in [-0.2, 0) is 0 Å². The molecule has 0 radical (unpaired) electrons. The van der Waals surface area contributed by atoms with Crippen LogP contribution in [0.3, 0.4) is 0 Å². The summed E-state index contributed by atoms with van der Waals surface area (Å²) in [6, 6.07) is 13.7. The highest BCUT2D eigenvalue weighted by Gasteiger charge is 2.16. The van der Waals surface area contributed by atoms with Crippen LogP contribution >= 0.6 is 0 Å². The first kappa shape index (κ1) is 17.9. The van der Waals surface area contributed by atoms with Crippen LogP contribution in [0.1, 0.15) is 10.6 Å². The lowest BCUT2D eigenvalue weighted by atomic mass is 10.0. The molecule has 0 saturated carbocycles. The zero-order chi connectivity index (χ0) is 20.7. The van der Waals surface area contributed by atoms with Crippen LogP contribution in [0.5, 0.6) is 0 Å². The minimum atomic E-state index is -0.314. The van der Waals surface area contributed by atoms with Gasteiger partial charge in [0.25, 0.3) is 0 Å². The minimum absolute atomic E-state index is 0.244. The van der Waals surface area contributed by atoms with Crippen molar-refractivity contribution in [3.8, 4) is 22.3 Å². The van der Waals surface area contributed by atoms with E-state index in [2.05, 4.69) is 50.3 Å². The van der Waals surface area contributed by atoms with Gasteiger partial charge in [-0.15, -0.1) is 0 Å². The molecular weight excluding hydrogens is 378 g/mol. The number of carbonyl (C=O) groups excluding carboxylic acids is 1. The number of hydrogen-bond donors (Lipinski definition) is 1. The summed E-state index contributed by atoms with van der Waals surface area (Å²) >= 11 is 0. The van der Waals surface area contributed by atoms with Crippen LogP contribution in [0.2, 0.25) is 0 Å². The maximum atomic E-state index is 12.5. The van der Waals surface area contributed by atoms with Gasteiger partial charge in [0.15, 0.2) is 5.76 Å². The maximum Gasteiger partial charge on any atom is 0.313 e. The van der Waals surface area contributed by atoms with Crippen molar-refractivity contribution in [1.82, 2.24) is 19.7 Å². The van der Waals surface area contributed by atoms with Gasteiger partial charge in [0.2, 0.25) is 0 Å². The van der Waals surface area contributed by atoms with E-state index in [1.165, 1.54) is 10.9 Å². The van der Waals surface area contributed by atoms with E-state index in [0.29, 0.717) is 0 Å². The molecular formula is C23H19N5O2. The predicted octanol–water partition coefficient (Wildman–Crippen LogP) is 4.44. The normalized spacial score (nSPS) is 11.1. The van der Waals surface area contributed by atoms with Gasteiger partial charge in [-0.05, 0) is 35.9 Å². The molecule has 0 unspecified atom stereocenters. The number of fused-ring (bicyclic) bond motifs is 1. The molecule has 0 aliphatic carbocycles. The number of nitrogens with one attached hydrogen (secondary N) is 1. The maximum absolute atomic E-state index is 12.5. The highest BCUT2D eigenvalue weighted by Crippen LogP contribution is 2.31. The molecule has 0 aliphatic heterocycles. The Labute approximate surface area is 172 Å². The number of anilines is 1. The van der Waals surface area contributed by atoms with Crippen molar-refractivity contribution in [2.24, 2.45) is 0 Å². The summed E-state index contributed by atoms with van der Waals surface area (Å²) in [5, 5.41) is 5.18. The zero-order valence-corrected chi connectivity index (χ0v) is 16.5. The Balaban J connectivity index is 1.52. The molecule has 0 aliphatic rings. The van der Waals surface area contributed by atoms with Gasteiger partial charge in [0, 0.05) is 60.4 Å². The van der Waals surface area contributed by atoms with Gasteiger partial charge in [-0.25, -0.2) is 9.67 Å². The lowest BCUT2D eigenvalue weighted by Crippen LogP contribution is -2.11. The lowest BCUT2D eigenvalue weighted by Gasteiger charge is -2.12. The molecule has 5 aromatic rings. The van der Waals surface area contributed by atoms with Crippen LogP contribution in [0.15, 0.2) is 77.9 Å². The number of hydrogen-bond acceptors (Lipinski definition) is 5. The molecule has 1 aromatic carbocycles. The van der Waals surface area contributed by atoms with E-state index < -0.39 is 0 Å². The topological polar surface area (TPSA) is 80.0 Å². The molecule has 5 rings (SSSR count). The molecule has 0 atom stereocenters. The number of aromatic amines is 1. The van der Waals surface area contributed by atoms with E-state index in [0.717, 1.165) is 39.0 Å². The molecule has 7 heteroatoms. The number of furan rings is 1. The summed E-state index contributed by atoms with van der Waals surface area (Å²) < 4.78 is 6.46. The van der Waals surface area contributed by atoms with E-state index in [1.807, 2.05) is 26.5 Å². The van der Waals surface area contributed by atoms with Gasteiger partial charge in [-0.2, -0.15) is 5.10 Å². The summed E-state index contributed by atoms with van der Waals surface area (Å²) in [6.07, 6.45) is 8.58. The quantitative estimate of drug-likeness (QED) is 0.485. The molecule has 1 N–H and O–H groups in total. The first-order valence-corrected chi connectivity index (χ1v) is 9.48. The highest BCUT2D eigenvalue weighted by atomic mass is 16.3. The van der Waals surface area contributed by atoms with E-state index in [9.17, 15) is 4.79 Å². The van der Waals surface area contributed by atoms with Crippen molar-refractivity contribution in [3.05, 3.63) is 79.3 Å². The van der Waals surface area contributed by atoms with E-state index in [1.54, 1.807) is 24.5 Å². The fourth-order valence-corrected chi connectivity index (χ4v) is 3.44. The van der Waals surface area contributed by atoms with Crippen LogP contribution in [0.4, 0.5) is 5.69 Å². The van der Waals surface area contributed by atoms with Crippen LogP contribution in [0.25, 0.3) is 33.3 Å². The number of rotatable bonds is 4. The second kappa shape index (κ2) is 7.04. The van der Waals surface area contributed by atoms with Crippen molar-refractivity contribution in [2.75, 3.05) is 19.0 Å². The van der Waals surface area contributed by atoms with Crippen molar-refractivity contribution in [1.29, 1.82) is 0 Å². The molecule has 7 nitrogen and oxygen atoms in total. The number of carbonyl (C=O) groups is 1. The Morgan fingerprint density at radius 2 is 1.90 bits per heavy atom. The van der Waals surface area contributed by atoms with E-state index in [-0.39, 0.29) is 11.7 Å². The van der Waals surface area contributed by atoms with Crippen LogP contribution < -0.4 is 4.90 Å². The number of benzene rings is 1. The van der Waals surface area contributed by atoms with Crippen molar-refractivity contribution in [3.63, 3.8) is 0 Å². The second-order valence-electron chi connectivity index (χ2n) is 7.22. The van der Waals surface area contributed by atoms with Gasteiger partial charge in [0.1, 0.15) is 5.65 Å². The Hall–Kier alpha value is -4.13. The zero-order valence-electron chi connectivity index (χ0n) is 16.5. The molecule has 30 heavy (non-hydrogen) atoms. The van der Waals surface area contributed by atoms with Gasteiger partial charge in [0.05, 0.1) is 12.5 Å². The Bertz CT molecular complexity index is 1330. The second-order valence-corrected chi connectivity index (χ2v) is 7.22. The monoisotopic (exact) mass is 397 g/mol. The van der Waals surface area contributed by atoms with Gasteiger partial charge >= 0.3 is 5.91 Å². The molecule has 0 bridgehead atoms. The fourth-order valence-electron chi connectivity index (χ4n) is 3.44. The summed E-state index contributed by atoms with van der Waals surface area (Å²) in [6.45, 7) is 0. The summed E-state index contributed by atoms with van der Waals surface area (Å²) in [7, 11) is 4.04. The Kier molecular flexibility index (Phi) is 4.21. The predicted molar refractivity (Wildman–Crippen MR) is 116 cm³/mol. The average Bonchev–Trinajstić information content (AvgIpc) is 3.53. The lowest BCUT2D eigenvalue weighted by molar-refractivity contribution is 0.0917. The average molecular weight is 397 g/mol. The highest BCUT2D eigenvalue weighted by molar-refractivity contribution is 5.97. The first-order chi connectivity index (χ1) is 14.6. The number of nitrogens with zero attached hydrogens (tertiary/aromatic N) is 4. The van der Waals surface area contributed by atoms with Gasteiger partial charge in [-0.3, -0.25) is 4.79 Å². The smallest absolute Gasteiger partial charge is 0.313 e. The van der Waals surface area contributed by atoms with Crippen molar-refractivity contribution >= 4 is 22.6 Å². The van der Waals surface area contributed by atoms with E-state index in [4.69, 9.17) is 4.42 Å².